The molecule has 1 amide bonds. The van der Waals surface area contributed by atoms with E-state index < -0.39 is 0 Å². The van der Waals surface area contributed by atoms with Crippen LogP contribution in [0.2, 0.25) is 0 Å². The highest BCUT2D eigenvalue weighted by atomic mass is 32.2. The highest BCUT2D eigenvalue weighted by molar-refractivity contribution is 8.01. The third-order valence-electron chi connectivity index (χ3n) is 4.38. The summed E-state index contributed by atoms with van der Waals surface area (Å²) in [6.45, 7) is 5.19. The Balaban J connectivity index is 1.80. The van der Waals surface area contributed by atoms with Gasteiger partial charge in [0.1, 0.15) is 0 Å². The van der Waals surface area contributed by atoms with Gasteiger partial charge in [0.25, 0.3) is 0 Å². The summed E-state index contributed by atoms with van der Waals surface area (Å²) in [5.41, 5.74) is 0. The summed E-state index contributed by atoms with van der Waals surface area (Å²) in [6, 6.07) is 0. The third kappa shape index (κ3) is 3.21. The topological polar surface area (TPSA) is 32.3 Å². The maximum atomic E-state index is 12.5. The Morgan fingerprint density at radius 2 is 2.17 bits per heavy atom. The lowest BCUT2D eigenvalue weighted by Gasteiger charge is -2.36. The van der Waals surface area contributed by atoms with E-state index in [1.54, 1.807) is 0 Å². The van der Waals surface area contributed by atoms with Crippen LogP contribution in [-0.4, -0.2) is 48.0 Å². The van der Waals surface area contributed by atoms with Crippen LogP contribution in [0, 0.1) is 5.92 Å². The maximum absolute atomic E-state index is 12.5. The SMILES string of the molecule is CNCCC1CCN(C(=O)C2(C)CCCS2)CC1. The molecule has 2 saturated heterocycles. The molecule has 18 heavy (non-hydrogen) atoms. The molecule has 0 spiro atoms. The van der Waals surface area contributed by atoms with Crippen molar-refractivity contribution in [3.8, 4) is 0 Å². The van der Waals surface area contributed by atoms with Crippen LogP contribution < -0.4 is 5.32 Å². The first kappa shape index (κ1) is 14.2. The van der Waals surface area contributed by atoms with Gasteiger partial charge >= 0.3 is 0 Å². The average Bonchev–Trinajstić information content (AvgIpc) is 2.84. The molecule has 0 aromatic heterocycles. The van der Waals surface area contributed by atoms with Crippen LogP contribution in [0.5, 0.6) is 0 Å². The standard InChI is InChI=1S/C14H26N2OS/c1-14(7-3-11-18-14)13(17)16-9-5-12(6-10-16)4-8-15-2/h12,15H,3-11H2,1-2H3. The molecule has 0 aromatic rings. The first-order valence-corrected chi connectivity index (χ1v) is 8.22. The van der Waals surface area contributed by atoms with E-state index in [-0.39, 0.29) is 4.75 Å². The largest absolute Gasteiger partial charge is 0.341 e. The number of piperidine rings is 1. The fraction of sp³-hybridized carbons (Fsp3) is 0.929. The number of hydrogen-bond donors (Lipinski definition) is 1. The van der Waals surface area contributed by atoms with Crippen molar-refractivity contribution in [1.82, 2.24) is 10.2 Å². The van der Waals surface area contributed by atoms with E-state index in [0.29, 0.717) is 5.91 Å². The number of hydrogen-bond acceptors (Lipinski definition) is 3. The fourth-order valence-corrected chi connectivity index (χ4v) is 4.34. The van der Waals surface area contributed by atoms with Gasteiger partial charge in [-0.3, -0.25) is 4.79 Å². The summed E-state index contributed by atoms with van der Waals surface area (Å²) in [6.07, 6.45) is 5.90. The van der Waals surface area contributed by atoms with Crippen LogP contribution in [0.4, 0.5) is 0 Å². The minimum absolute atomic E-state index is 0.113. The zero-order chi connectivity index (χ0) is 13.0. The van der Waals surface area contributed by atoms with Gasteiger partial charge in [0, 0.05) is 13.1 Å². The van der Waals surface area contributed by atoms with E-state index in [2.05, 4.69) is 17.1 Å². The van der Waals surface area contributed by atoms with Crippen molar-refractivity contribution in [1.29, 1.82) is 0 Å². The Morgan fingerprint density at radius 1 is 1.44 bits per heavy atom. The van der Waals surface area contributed by atoms with Crippen molar-refractivity contribution in [2.24, 2.45) is 5.92 Å². The predicted molar refractivity (Wildman–Crippen MR) is 77.9 cm³/mol. The van der Waals surface area contributed by atoms with Crippen molar-refractivity contribution in [3.05, 3.63) is 0 Å². The van der Waals surface area contributed by atoms with Crippen molar-refractivity contribution in [3.63, 3.8) is 0 Å². The number of nitrogens with zero attached hydrogens (tertiary/aromatic N) is 1. The van der Waals surface area contributed by atoms with Gasteiger partial charge in [-0.1, -0.05) is 0 Å². The highest BCUT2D eigenvalue weighted by Crippen LogP contribution is 2.39. The van der Waals surface area contributed by atoms with E-state index in [1.165, 1.54) is 25.7 Å². The first-order chi connectivity index (χ1) is 8.65. The first-order valence-electron chi connectivity index (χ1n) is 7.23. The van der Waals surface area contributed by atoms with E-state index in [0.717, 1.165) is 37.7 Å². The van der Waals surface area contributed by atoms with Crippen LogP contribution >= 0.6 is 11.8 Å². The lowest BCUT2D eigenvalue weighted by Crippen LogP contribution is -2.47. The molecule has 104 valence electrons. The molecule has 0 aromatic carbocycles. The molecule has 0 bridgehead atoms. The lowest BCUT2D eigenvalue weighted by atomic mass is 9.92. The molecule has 1 atom stereocenters. The van der Waals surface area contributed by atoms with Crippen molar-refractivity contribution >= 4 is 17.7 Å². The van der Waals surface area contributed by atoms with Gasteiger partial charge in [-0.15, -0.1) is 11.8 Å². The second-order valence-electron chi connectivity index (χ2n) is 5.81. The van der Waals surface area contributed by atoms with Crippen LogP contribution in [0.3, 0.4) is 0 Å². The summed E-state index contributed by atoms with van der Waals surface area (Å²) in [5.74, 6) is 2.36. The third-order valence-corrected chi connectivity index (χ3v) is 5.88. The van der Waals surface area contributed by atoms with Gasteiger partial charge in [0.15, 0.2) is 0 Å². The molecule has 2 fully saturated rings. The number of carbonyl (C=O) groups is 1. The van der Waals surface area contributed by atoms with E-state index in [1.807, 2.05) is 18.8 Å². The molecule has 2 rings (SSSR count). The van der Waals surface area contributed by atoms with E-state index in [9.17, 15) is 4.79 Å². The zero-order valence-electron chi connectivity index (χ0n) is 11.7. The Bertz CT molecular complexity index is 282. The number of nitrogens with one attached hydrogen (secondary N) is 1. The van der Waals surface area contributed by atoms with Gasteiger partial charge in [-0.2, -0.15) is 0 Å². The number of likely N-dealkylation sites (tertiary alicyclic amines) is 1. The Kier molecular flexibility index (Phi) is 4.96. The van der Waals surface area contributed by atoms with Gasteiger partial charge in [-0.25, -0.2) is 0 Å². The summed E-state index contributed by atoms with van der Waals surface area (Å²) >= 11 is 1.86. The second kappa shape index (κ2) is 6.29. The van der Waals surface area contributed by atoms with E-state index >= 15 is 0 Å². The average molecular weight is 270 g/mol. The molecule has 3 nitrogen and oxygen atoms in total. The second-order valence-corrected chi connectivity index (χ2v) is 7.41. The van der Waals surface area contributed by atoms with Crippen molar-refractivity contribution < 1.29 is 4.79 Å². The predicted octanol–water partition coefficient (Wildman–Crippen LogP) is 2.12. The minimum atomic E-state index is -0.113. The minimum Gasteiger partial charge on any atom is -0.341 e. The molecule has 0 aliphatic carbocycles. The summed E-state index contributed by atoms with van der Waals surface area (Å²) in [4.78, 5) is 14.7. The normalized spacial score (nSPS) is 29.8. The molecule has 1 N–H and O–H groups in total. The fourth-order valence-electron chi connectivity index (χ4n) is 3.06. The molecule has 0 saturated carbocycles. The molecule has 4 heteroatoms. The molecule has 2 aliphatic heterocycles. The number of amides is 1. The number of rotatable bonds is 4. The molecule has 1 unspecified atom stereocenters. The maximum Gasteiger partial charge on any atom is 0.238 e. The Labute approximate surface area is 115 Å². The monoisotopic (exact) mass is 270 g/mol. The number of thioether (sulfide) groups is 1. The van der Waals surface area contributed by atoms with Gasteiger partial charge in [-0.05, 0) is 64.3 Å². The zero-order valence-corrected chi connectivity index (χ0v) is 12.5. The van der Waals surface area contributed by atoms with Gasteiger partial charge < -0.3 is 10.2 Å². The quantitative estimate of drug-likeness (QED) is 0.849. The molecular formula is C14H26N2OS. The summed E-state index contributed by atoms with van der Waals surface area (Å²) in [5, 5.41) is 3.22. The van der Waals surface area contributed by atoms with Gasteiger partial charge in [0.05, 0.1) is 4.75 Å². The molecule has 2 aliphatic rings. The van der Waals surface area contributed by atoms with Crippen LogP contribution in [0.25, 0.3) is 0 Å². The van der Waals surface area contributed by atoms with Gasteiger partial charge in [0.2, 0.25) is 5.91 Å². The summed E-state index contributed by atoms with van der Waals surface area (Å²) in [7, 11) is 2.01. The Morgan fingerprint density at radius 3 is 2.72 bits per heavy atom. The Hall–Kier alpha value is -0.220. The molecule has 0 radical (unpaired) electrons. The van der Waals surface area contributed by atoms with Crippen LogP contribution in [0.15, 0.2) is 0 Å². The molecule has 2 heterocycles. The van der Waals surface area contributed by atoms with Crippen molar-refractivity contribution in [2.45, 2.75) is 43.8 Å². The smallest absolute Gasteiger partial charge is 0.238 e. The lowest BCUT2D eigenvalue weighted by molar-refractivity contribution is -0.134. The summed E-state index contributed by atoms with van der Waals surface area (Å²) < 4.78 is -0.113. The van der Waals surface area contributed by atoms with Crippen LogP contribution in [-0.2, 0) is 4.79 Å². The number of carbonyl (C=O) groups excluding carboxylic acids is 1. The van der Waals surface area contributed by atoms with E-state index in [4.69, 9.17) is 0 Å². The highest BCUT2D eigenvalue weighted by Gasteiger charge is 2.40. The van der Waals surface area contributed by atoms with Crippen LogP contribution in [0.1, 0.15) is 39.0 Å². The van der Waals surface area contributed by atoms with Crippen molar-refractivity contribution in [2.75, 3.05) is 32.4 Å². The molecular weight excluding hydrogens is 244 g/mol.